The van der Waals surface area contributed by atoms with Gasteiger partial charge in [0.05, 0.1) is 6.61 Å². The van der Waals surface area contributed by atoms with Gasteiger partial charge in [-0.25, -0.2) is 0 Å². The molecule has 4 fully saturated rings. The van der Waals surface area contributed by atoms with Gasteiger partial charge in [-0.05, 0) is 80.8 Å². The maximum Gasteiger partial charge on any atom is 0.315 e. The lowest BCUT2D eigenvalue weighted by Gasteiger charge is -2.57. The van der Waals surface area contributed by atoms with Crippen LogP contribution in [0.4, 0.5) is 0 Å². The number of rotatable bonds is 6. The SMILES string of the molecule is CCOC(OC)Oc1cc(Br)ccc1C12CC3CC(CC(C3)C1)C2. The van der Waals surface area contributed by atoms with E-state index in [0.29, 0.717) is 12.0 Å². The molecule has 1 aromatic rings. The lowest BCUT2D eigenvalue weighted by atomic mass is 9.48. The summed E-state index contributed by atoms with van der Waals surface area (Å²) in [6, 6.07) is 6.51. The Morgan fingerprint density at radius 3 is 2.29 bits per heavy atom. The molecule has 0 N–H and O–H groups in total. The third kappa shape index (κ3) is 3.02. The van der Waals surface area contributed by atoms with Gasteiger partial charge >= 0.3 is 6.48 Å². The van der Waals surface area contributed by atoms with Gasteiger partial charge in [-0.3, -0.25) is 0 Å². The van der Waals surface area contributed by atoms with Gasteiger partial charge in [0, 0.05) is 17.1 Å². The highest BCUT2D eigenvalue weighted by atomic mass is 79.9. The summed E-state index contributed by atoms with van der Waals surface area (Å²) in [5, 5.41) is 0. The van der Waals surface area contributed by atoms with Gasteiger partial charge in [0.2, 0.25) is 0 Å². The van der Waals surface area contributed by atoms with Gasteiger partial charge in [-0.1, -0.05) is 22.0 Å². The summed E-state index contributed by atoms with van der Waals surface area (Å²) in [5.41, 5.74) is 1.67. The van der Waals surface area contributed by atoms with Crippen LogP contribution in [0.5, 0.6) is 5.75 Å². The highest BCUT2D eigenvalue weighted by Gasteiger charge is 2.52. The Morgan fingerprint density at radius 1 is 1.12 bits per heavy atom. The van der Waals surface area contributed by atoms with Gasteiger partial charge in [-0.2, -0.15) is 0 Å². The molecule has 0 radical (unpaired) electrons. The molecule has 4 aliphatic rings. The molecule has 1 unspecified atom stereocenters. The predicted octanol–water partition coefficient (Wildman–Crippen LogP) is 5.26. The van der Waals surface area contributed by atoms with Crippen molar-refractivity contribution in [2.75, 3.05) is 13.7 Å². The molecule has 1 atom stereocenters. The van der Waals surface area contributed by atoms with Crippen LogP contribution in [-0.2, 0) is 14.9 Å². The standard InChI is InChI=1S/C20H27BrO3/c1-3-23-19(22-2)24-18-9-16(21)4-5-17(18)20-10-13-6-14(11-20)8-15(7-13)12-20/h4-5,9,13-15,19H,3,6-8,10-12H2,1-2H3. The quantitative estimate of drug-likeness (QED) is 0.615. The van der Waals surface area contributed by atoms with Gasteiger partial charge < -0.3 is 14.2 Å². The van der Waals surface area contributed by atoms with E-state index >= 15 is 0 Å². The molecule has 0 heterocycles. The Balaban J connectivity index is 1.67. The predicted molar refractivity (Wildman–Crippen MR) is 97.0 cm³/mol. The Morgan fingerprint density at radius 2 is 1.75 bits per heavy atom. The monoisotopic (exact) mass is 394 g/mol. The van der Waals surface area contributed by atoms with Crippen LogP contribution in [0, 0.1) is 17.8 Å². The average molecular weight is 395 g/mol. The molecule has 3 nitrogen and oxygen atoms in total. The first-order valence-corrected chi connectivity index (χ1v) is 10.0. The Kier molecular flexibility index (Phi) is 4.65. The van der Waals surface area contributed by atoms with Crippen LogP contribution >= 0.6 is 15.9 Å². The molecule has 0 aromatic heterocycles. The molecule has 0 spiro atoms. The summed E-state index contributed by atoms with van der Waals surface area (Å²) in [6.07, 6.45) is 8.32. The van der Waals surface area contributed by atoms with E-state index in [1.54, 1.807) is 7.11 Å². The molecule has 0 aliphatic heterocycles. The zero-order valence-corrected chi connectivity index (χ0v) is 16.2. The summed E-state index contributed by atoms with van der Waals surface area (Å²) in [5.74, 6) is 3.67. The molecule has 24 heavy (non-hydrogen) atoms. The lowest BCUT2D eigenvalue weighted by Crippen LogP contribution is -2.48. The molecule has 4 heteroatoms. The fourth-order valence-electron chi connectivity index (χ4n) is 5.86. The second-order valence-electron chi connectivity index (χ2n) is 7.94. The Labute approximate surface area is 153 Å². The first kappa shape index (κ1) is 16.9. The van der Waals surface area contributed by atoms with E-state index in [1.807, 2.05) is 6.92 Å². The zero-order chi connectivity index (χ0) is 16.7. The largest absolute Gasteiger partial charge is 0.441 e. The second kappa shape index (κ2) is 6.62. The highest BCUT2D eigenvalue weighted by molar-refractivity contribution is 9.10. The van der Waals surface area contributed by atoms with E-state index in [2.05, 4.69) is 34.1 Å². The Bertz CT molecular complexity index is 565. The summed E-state index contributed by atoms with van der Waals surface area (Å²) < 4.78 is 18.1. The lowest BCUT2D eigenvalue weighted by molar-refractivity contribution is -0.231. The van der Waals surface area contributed by atoms with Crippen molar-refractivity contribution >= 4 is 15.9 Å². The molecule has 4 saturated carbocycles. The van der Waals surface area contributed by atoms with Crippen molar-refractivity contribution in [2.24, 2.45) is 17.8 Å². The van der Waals surface area contributed by atoms with Crippen LogP contribution in [0.1, 0.15) is 51.0 Å². The van der Waals surface area contributed by atoms with Crippen molar-refractivity contribution in [2.45, 2.75) is 57.3 Å². The molecular formula is C20H27BrO3. The molecule has 0 amide bonds. The van der Waals surface area contributed by atoms with Crippen molar-refractivity contribution < 1.29 is 14.2 Å². The average Bonchev–Trinajstić information content (AvgIpc) is 2.53. The van der Waals surface area contributed by atoms with E-state index in [4.69, 9.17) is 14.2 Å². The maximum atomic E-state index is 6.13. The van der Waals surface area contributed by atoms with Gasteiger partial charge in [0.25, 0.3) is 0 Å². The van der Waals surface area contributed by atoms with Crippen LogP contribution < -0.4 is 4.74 Å². The highest BCUT2D eigenvalue weighted by Crippen LogP contribution is 2.62. The molecule has 4 bridgehead atoms. The van der Waals surface area contributed by atoms with Crippen LogP contribution in [0.3, 0.4) is 0 Å². The van der Waals surface area contributed by atoms with Crippen LogP contribution in [0.25, 0.3) is 0 Å². The number of hydrogen-bond donors (Lipinski definition) is 0. The van der Waals surface area contributed by atoms with Crippen molar-refractivity contribution in [1.29, 1.82) is 0 Å². The van der Waals surface area contributed by atoms with Gasteiger partial charge in [0.1, 0.15) is 5.75 Å². The normalized spacial score (nSPS) is 35.2. The maximum absolute atomic E-state index is 6.13. The fourth-order valence-corrected chi connectivity index (χ4v) is 6.20. The van der Waals surface area contributed by atoms with Crippen molar-refractivity contribution in [1.82, 2.24) is 0 Å². The molecule has 132 valence electrons. The first-order valence-electron chi connectivity index (χ1n) is 9.23. The number of halogens is 1. The zero-order valence-electron chi connectivity index (χ0n) is 14.6. The number of methoxy groups -OCH3 is 1. The minimum Gasteiger partial charge on any atom is -0.441 e. The van der Waals surface area contributed by atoms with Crippen LogP contribution in [0.15, 0.2) is 22.7 Å². The molecular weight excluding hydrogens is 368 g/mol. The summed E-state index contributed by atoms with van der Waals surface area (Å²) in [4.78, 5) is 0. The van der Waals surface area contributed by atoms with Crippen molar-refractivity contribution in [3.8, 4) is 5.75 Å². The topological polar surface area (TPSA) is 27.7 Å². The minimum atomic E-state index is -0.642. The first-order chi connectivity index (χ1) is 11.6. The number of hydrogen-bond acceptors (Lipinski definition) is 3. The van der Waals surface area contributed by atoms with E-state index in [0.717, 1.165) is 28.0 Å². The fraction of sp³-hybridized carbons (Fsp3) is 0.700. The van der Waals surface area contributed by atoms with E-state index < -0.39 is 6.48 Å². The minimum absolute atomic E-state index is 0.301. The Hall–Kier alpha value is -0.580. The second-order valence-corrected chi connectivity index (χ2v) is 8.85. The summed E-state index contributed by atoms with van der Waals surface area (Å²) in [6.45, 7) is 1.88. The van der Waals surface area contributed by atoms with Crippen molar-refractivity contribution in [3.63, 3.8) is 0 Å². The van der Waals surface area contributed by atoms with Crippen LogP contribution in [0.2, 0.25) is 0 Å². The third-order valence-corrected chi connectivity index (χ3v) is 6.76. The molecule has 1 aromatic carbocycles. The van der Waals surface area contributed by atoms with Gasteiger partial charge in [0.15, 0.2) is 0 Å². The van der Waals surface area contributed by atoms with E-state index in [1.165, 1.54) is 44.1 Å². The molecule has 5 rings (SSSR count). The van der Waals surface area contributed by atoms with Crippen molar-refractivity contribution in [3.05, 3.63) is 28.2 Å². The van der Waals surface area contributed by atoms with E-state index in [9.17, 15) is 0 Å². The summed E-state index contributed by atoms with van der Waals surface area (Å²) >= 11 is 3.60. The third-order valence-electron chi connectivity index (χ3n) is 6.27. The summed E-state index contributed by atoms with van der Waals surface area (Å²) in [7, 11) is 1.63. The molecule has 0 saturated heterocycles. The number of ether oxygens (including phenoxy) is 3. The number of benzene rings is 1. The van der Waals surface area contributed by atoms with Crippen LogP contribution in [-0.4, -0.2) is 20.2 Å². The van der Waals surface area contributed by atoms with Gasteiger partial charge in [-0.15, -0.1) is 0 Å². The smallest absolute Gasteiger partial charge is 0.315 e. The molecule has 4 aliphatic carbocycles. The van der Waals surface area contributed by atoms with E-state index in [-0.39, 0.29) is 0 Å².